The minimum Gasteiger partial charge on any atom is -0.445 e. The Kier molecular flexibility index (Phi) is 10.2. The van der Waals surface area contributed by atoms with Gasteiger partial charge in [0.05, 0.1) is 0 Å². The van der Waals surface area contributed by atoms with Gasteiger partial charge in [-0.3, -0.25) is 0 Å². The van der Waals surface area contributed by atoms with Crippen molar-refractivity contribution in [1.82, 2.24) is 5.32 Å². The molecule has 0 unspecified atom stereocenters. The highest BCUT2D eigenvalue weighted by Crippen LogP contribution is 2.06. The normalized spacial score (nSPS) is 10.3. The molecule has 1 amide bonds. The highest BCUT2D eigenvalue weighted by atomic mass is 16.5. The number of alkyl carbamates (subject to hydrolysis) is 1. The number of unbranched alkanes of at least 4 members (excludes halogenated alkanes) is 6. The van der Waals surface area contributed by atoms with Crippen molar-refractivity contribution in [3.63, 3.8) is 0 Å². The van der Waals surface area contributed by atoms with E-state index in [1.165, 1.54) is 25.7 Å². The number of hydrogen-bond acceptors (Lipinski definition) is 3. The third-order valence-electron chi connectivity index (χ3n) is 3.36. The third kappa shape index (κ3) is 9.91. The zero-order chi connectivity index (χ0) is 15.2. The Hall–Kier alpha value is -1.55. The largest absolute Gasteiger partial charge is 0.445 e. The molecule has 3 N–H and O–H groups in total. The molecule has 0 heterocycles. The second-order valence-corrected chi connectivity index (χ2v) is 5.25. The van der Waals surface area contributed by atoms with Crippen LogP contribution in [0.2, 0.25) is 0 Å². The molecule has 1 aromatic carbocycles. The summed E-state index contributed by atoms with van der Waals surface area (Å²) in [4.78, 5) is 11.5. The van der Waals surface area contributed by atoms with Gasteiger partial charge in [-0.2, -0.15) is 0 Å². The first-order chi connectivity index (χ1) is 10.3. The lowest BCUT2D eigenvalue weighted by molar-refractivity contribution is 0.139. The van der Waals surface area contributed by atoms with Crippen molar-refractivity contribution in [2.24, 2.45) is 5.73 Å². The number of carbonyl (C=O) groups is 1. The SMILES string of the molecule is NCCCCCCCCCNC(=O)OCc1ccccc1. The van der Waals surface area contributed by atoms with E-state index in [2.05, 4.69) is 5.32 Å². The van der Waals surface area contributed by atoms with Crippen molar-refractivity contribution in [2.75, 3.05) is 13.1 Å². The Balaban J connectivity index is 1.89. The molecule has 0 aliphatic carbocycles. The van der Waals surface area contributed by atoms with Gasteiger partial charge in [-0.1, -0.05) is 62.4 Å². The van der Waals surface area contributed by atoms with Gasteiger partial charge in [0.15, 0.2) is 0 Å². The summed E-state index contributed by atoms with van der Waals surface area (Å²) >= 11 is 0. The summed E-state index contributed by atoms with van der Waals surface area (Å²) < 4.78 is 5.14. The van der Waals surface area contributed by atoms with Gasteiger partial charge in [0.25, 0.3) is 0 Å². The number of amides is 1. The monoisotopic (exact) mass is 292 g/mol. The summed E-state index contributed by atoms with van der Waals surface area (Å²) in [5.74, 6) is 0. The van der Waals surface area contributed by atoms with Gasteiger partial charge in [0.2, 0.25) is 0 Å². The zero-order valence-electron chi connectivity index (χ0n) is 12.9. The molecular formula is C17H28N2O2. The first kappa shape index (κ1) is 17.5. The lowest BCUT2D eigenvalue weighted by Gasteiger charge is -2.07. The molecule has 21 heavy (non-hydrogen) atoms. The fourth-order valence-electron chi connectivity index (χ4n) is 2.12. The van der Waals surface area contributed by atoms with E-state index in [0.29, 0.717) is 13.2 Å². The smallest absolute Gasteiger partial charge is 0.407 e. The Morgan fingerprint density at radius 2 is 1.57 bits per heavy atom. The van der Waals surface area contributed by atoms with Crippen molar-refractivity contribution >= 4 is 6.09 Å². The van der Waals surface area contributed by atoms with Crippen LogP contribution in [-0.2, 0) is 11.3 Å². The highest BCUT2D eigenvalue weighted by Gasteiger charge is 2.01. The summed E-state index contributed by atoms with van der Waals surface area (Å²) in [7, 11) is 0. The Morgan fingerprint density at radius 1 is 0.952 bits per heavy atom. The molecule has 1 aromatic rings. The van der Waals surface area contributed by atoms with E-state index in [9.17, 15) is 4.79 Å². The van der Waals surface area contributed by atoms with E-state index in [0.717, 1.165) is 31.4 Å². The maximum Gasteiger partial charge on any atom is 0.407 e. The maximum absolute atomic E-state index is 11.5. The molecule has 0 bridgehead atoms. The van der Waals surface area contributed by atoms with Crippen molar-refractivity contribution in [3.8, 4) is 0 Å². The fourth-order valence-corrected chi connectivity index (χ4v) is 2.12. The molecule has 1 rings (SSSR count). The number of rotatable bonds is 11. The molecular weight excluding hydrogens is 264 g/mol. The highest BCUT2D eigenvalue weighted by molar-refractivity contribution is 5.67. The average Bonchev–Trinajstić information content (AvgIpc) is 2.52. The van der Waals surface area contributed by atoms with Gasteiger partial charge in [0, 0.05) is 6.54 Å². The van der Waals surface area contributed by atoms with Gasteiger partial charge in [0.1, 0.15) is 6.61 Å². The number of hydrogen-bond donors (Lipinski definition) is 2. The maximum atomic E-state index is 11.5. The Bertz CT molecular complexity index is 368. The van der Waals surface area contributed by atoms with Crippen LogP contribution < -0.4 is 11.1 Å². The summed E-state index contributed by atoms with van der Waals surface area (Å²) in [5, 5.41) is 2.79. The number of benzene rings is 1. The summed E-state index contributed by atoms with van der Waals surface area (Å²) in [5.41, 5.74) is 6.45. The van der Waals surface area contributed by atoms with Gasteiger partial charge in [-0.15, -0.1) is 0 Å². The van der Waals surface area contributed by atoms with Crippen molar-refractivity contribution < 1.29 is 9.53 Å². The van der Waals surface area contributed by atoms with Crippen LogP contribution in [0.3, 0.4) is 0 Å². The van der Waals surface area contributed by atoms with Crippen molar-refractivity contribution in [2.45, 2.75) is 51.6 Å². The van der Waals surface area contributed by atoms with E-state index in [1.54, 1.807) is 0 Å². The van der Waals surface area contributed by atoms with Crippen LogP contribution in [0.15, 0.2) is 30.3 Å². The quantitative estimate of drug-likeness (QED) is 0.612. The molecule has 118 valence electrons. The molecule has 4 heteroatoms. The third-order valence-corrected chi connectivity index (χ3v) is 3.36. The second-order valence-electron chi connectivity index (χ2n) is 5.25. The van der Waals surface area contributed by atoms with Crippen LogP contribution in [0.1, 0.15) is 50.5 Å². The minimum atomic E-state index is -0.332. The van der Waals surface area contributed by atoms with Crippen LogP contribution in [-0.4, -0.2) is 19.2 Å². The van der Waals surface area contributed by atoms with Gasteiger partial charge >= 0.3 is 6.09 Å². The number of nitrogens with two attached hydrogens (primary N) is 1. The summed E-state index contributed by atoms with van der Waals surface area (Å²) in [6.45, 7) is 1.82. The van der Waals surface area contributed by atoms with E-state index >= 15 is 0 Å². The molecule has 4 nitrogen and oxygen atoms in total. The van der Waals surface area contributed by atoms with E-state index < -0.39 is 0 Å². The second kappa shape index (κ2) is 12.2. The molecule has 0 saturated heterocycles. The predicted molar refractivity (Wildman–Crippen MR) is 86.0 cm³/mol. The fraction of sp³-hybridized carbons (Fsp3) is 0.588. The number of nitrogens with one attached hydrogen (secondary N) is 1. The molecule has 0 spiro atoms. The number of carbonyl (C=O) groups excluding carboxylic acids is 1. The first-order valence-electron chi connectivity index (χ1n) is 7.97. The summed E-state index contributed by atoms with van der Waals surface area (Å²) in [6.07, 6.45) is 7.96. The molecule has 0 aromatic heterocycles. The van der Waals surface area contributed by atoms with Crippen LogP contribution in [0.5, 0.6) is 0 Å². The van der Waals surface area contributed by atoms with Gasteiger partial charge in [-0.05, 0) is 24.9 Å². The predicted octanol–water partition coefficient (Wildman–Crippen LogP) is 3.60. The van der Waals surface area contributed by atoms with Gasteiger partial charge < -0.3 is 15.8 Å². The minimum absolute atomic E-state index is 0.327. The summed E-state index contributed by atoms with van der Waals surface area (Å²) in [6, 6.07) is 9.70. The van der Waals surface area contributed by atoms with E-state index in [1.807, 2.05) is 30.3 Å². The zero-order valence-corrected chi connectivity index (χ0v) is 12.9. The molecule has 0 radical (unpaired) electrons. The standard InChI is InChI=1S/C17H28N2O2/c18-13-9-4-2-1-3-5-10-14-19-17(20)21-15-16-11-7-6-8-12-16/h6-8,11-12H,1-5,9-10,13-15,18H2,(H,19,20). The average molecular weight is 292 g/mol. The first-order valence-corrected chi connectivity index (χ1v) is 7.97. The molecule has 0 fully saturated rings. The number of ether oxygens (including phenoxy) is 1. The van der Waals surface area contributed by atoms with E-state index in [-0.39, 0.29) is 6.09 Å². The van der Waals surface area contributed by atoms with Crippen LogP contribution in [0.4, 0.5) is 4.79 Å². The molecule has 0 saturated carbocycles. The lowest BCUT2D eigenvalue weighted by atomic mass is 10.1. The Morgan fingerprint density at radius 3 is 2.24 bits per heavy atom. The molecule has 0 aliphatic rings. The molecule has 0 aliphatic heterocycles. The lowest BCUT2D eigenvalue weighted by Crippen LogP contribution is -2.25. The molecule has 0 atom stereocenters. The van der Waals surface area contributed by atoms with Crippen LogP contribution >= 0.6 is 0 Å². The Labute approximate surface area is 128 Å². The van der Waals surface area contributed by atoms with Crippen LogP contribution in [0.25, 0.3) is 0 Å². The van der Waals surface area contributed by atoms with Crippen molar-refractivity contribution in [1.29, 1.82) is 0 Å². The van der Waals surface area contributed by atoms with Gasteiger partial charge in [-0.25, -0.2) is 4.79 Å². The van der Waals surface area contributed by atoms with Crippen LogP contribution in [0, 0.1) is 0 Å². The van der Waals surface area contributed by atoms with E-state index in [4.69, 9.17) is 10.5 Å². The topological polar surface area (TPSA) is 64.3 Å². The van der Waals surface area contributed by atoms with Crippen molar-refractivity contribution in [3.05, 3.63) is 35.9 Å².